The summed E-state index contributed by atoms with van der Waals surface area (Å²) >= 11 is 0. The number of nitrogens with one attached hydrogen (secondary N) is 1. The quantitative estimate of drug-likeness (QED) is 0.760. The fourth-order valence-corrected chi connectivity index (χ4v) is 2.77. The number of aliphatic carboxylic acids is 1. The Bertz CT molecular complexity index is 777. The highest BCUT2D eigenvalue weighted by Gasteiger charge is 2.30. The van der Waals surface area contributed by atoms with E-state index in [0.29, 0.717) is 49.6 Å². The summed E-state index contributed by atoms with van der Waals surface area (Å²) in [5.74, 6) is -0.856. The number of carboxylic acid groups (broad SMARTS) is 1. The third kappa shape index (κ3) is 4.35. The molecule has 0 spiro atoms. The van der Waals surface area contributed by atoms with Gasteiger partial charge in [-0.25, -0.2) is 9.18 Å². The molecule has 1 unspecified atom stereocenters. The van der Waals surface area contributed by atoms with Crippen molar-refractivity contribution in [2.24, 2.45) is 5.92 Å². The van der Waals surface area contributed by atoms with Gasteiger partial charge in [-0.05, 0) is 37.1 Å². The standard InChI is InChI=1S/C17H19FN4O4/c18-13-5-3-11(4-6-13)15-20-14(26-21-15)2-1-8-19-17(25)22-9-7-12(10-22)16(23)24/h3-6,12H,1-2,7-10H2,(H,19,25)(H,23,24). The van der Waals surface area contributed by atoms with Crippen LogP contribution in [0.25, 0.3) is 11.4 Å². The Morgan fingerprint density at radius 1 is 1.35 bits per heavy atom. The van der Waals surface area contributed by atoms with Crippen molar-refractivity contribution in [3.05, 3.63) is 36.0 Å². The monoisotopic (exact) mass is 362 g/mol. The van der Waals surface area contributed by atoms with Crippen LogP contribution in [0.2, 0.25) is 0 Å². The van der Waals surface area contributed by atoms with E-state index in [1.165, 1.54) is 17.0 Å². The van der Waals surface area contributed by atoms with Crippen molar-refractivity contribution in [3.8, 4) is 11.4 Å². The fraction of sp³-hybridized carbons (Fsp3) is 0.412. The molecule has 2 N–H and O–H groups in total. The first-order valence-corrected chi connectivity index (χ1v) is 8.37. The normalized spacial score (nSPS) is 16.7. The van der Waals surface area contributed by atoms with Crippen molar-refractivity contribution in [2.45, 2.75) is 19.3 Å². The number of nitrogens with zero attached hydrogens (tertiary/aromatic N) is 3. The number of halogens is 1. The Kier molecular flexibility index (Phi) is 5.45. The van der Waals surface area contributed by atoms with Crippen LogP contribution in [0.5, 0.6) is 0 Å². The number of hydrogen-bond donors (Lipinski definition) is 2. The number of benzene rings is 1. The molecule has 8 nitrogen and oxygen atoms in total. The zero-order chi connectivity index (χ0) is 18.5. The van der Waals surface area contributed by atoms with Gasteiger partial charge in [0.2, 0.25) is 11.7 Å². The number of aromatic nitrogens is 2. The summed E-state index contributed by atoms with van der Waals surface area (Å²) in [6.45, 7) is 1.11. The van der Waals surface area contributed by atoms with E-state index in [-0.39, 0.29) is 18.4 Å². The van der Waals surface area contributed by atoms with Crippen molar-refractivity contribution >= 4 is 12.0 Å². The highest BCUT2D eigenvalue weighted by molar-refractivity contribution is 5.77. The second kappa shape index (κ2) is 7.94. The first-order chi connectivity index (χ1) is 12.5. The molecule has 1 aliphatic heterocycles. The molecule has 0 radical (unpaired) electrons. The molecule has 3 rings (SSSR count). The first-order valence-electron chi connectivity index (χ1n) is 8.37. The van der Waals surface area contributed by atoms with Gasteiger partial charge in [-0.3, -0.25) is 4.79 Å². The Morgan fingerprint density at radius 3 is 2.81 bits per heavy atom. The number of rotatable bonds is 6. The van der Waals surface area contributed by atoms with E-state index in [9.17, 15) is 14.0 Å². The summed E-state index contributed by atoms with van der Waals surface area (Å²) in [4.78, 5) is 28.6. The van der Waals surface area contributed by atoms with Gasteiger partial charge in [0.05, 0.1) is 5.92 Å². The summed E-state index contributed by atoms with van der Waals surface area (Å²) < 4.78 is 18.1. The second-order valence-corrected chi connectivity index (χ2v) is 6.12. The topological polar surface area (TPSA) is 109 Å². The summed E-state index contributed by atoms with van der Waals surface area (Å²) in [5, 5.41) is 15.6. The van der Waals surface area contributed by atoms with E-state index in [4.69, 9.17) is 9.63 Å². The molecule has 1 aromatic carbocycles. The van der Waals surface area contributed by atoms with E-state index in [2.05, 4.69) is 15.5 Å². The molecule has 2 heterocycles. The summed E-state index contributed by atoms with van der Waals surface area (Å²) in [6.07, 6.45) is 1.58. The lowest BCUT2D eigenvalue weighted by atomic mass is 10.1. The number of carboxylic acids is 1. The van der Waals surface area contributed by atoms with Crippen molar-refractivity contribution in [3.63, 3.8) is 0 Å². The largest absolute Gasteiger partial charge is 0.481 e. The van der Waals surface area contributed by atoms with Gasteiger partial charge in [0.25, 0.3) is 0 Å². The molecule has 1 atom stereocenters. The van der Waals surface area contributed by atoms with Gasteiger partial charge < -0.3 is 19.8 Å². The maximum Gasteiger partial charge on any atom is 0.317 e. The SMILES string of the molecule is O=C(O)C1CCN(C(=O)NCCCc2nc(-c3ccc(F)cc3)no2)C1. The molecule has 138 valence electrons. The lowest BCUT2D eigenvalue weighted by Gasteiger charge is -2.16. The van der Waals surface area contributed by atoms with Gasteiger partial charge in [-0.2, -0.15) is 4.98 Å². The highest BCUT2D eigenvalue weighted by Crippen LogP contribution is 2.17. The van der Waals surface area contributed by atoms with Crippen molar-refractivity contribution in [1.29, 1.82) is 0 Å². The van der Waals surface area contributed by atoms with Gasteiger partial charge in [-0.1, -0.05) is 5.16 Å². The van der Waals surface area contributed by atoms with Gasteiger partial charge in [0, 0.05) is 31.6 Å². The van der Waals surface area contributed by atoms with Crippen LogP contribution in [-0.2, 0) is 11.2 Å². The molecule has 1 aromatic heterocycles. The summed E-state index contributed by atoms with van der Waals surface area (Å²) in [6, 6.07) is 5.55. The fourth-order valence-electron chi connectivity index (χ4n) is 2.77. The van der Waals surface area contributed by atoms with Crippen LogP contribution in [0.4, 0.5) is 9.18 Å². The molecular formula is C17H19FN4O4. The van der Waals surface area contributed by atoms with Crippen LogP contribution in [-0.4, -0.2) is 51.8 Å². The maximum absolute atomic E-state index is 12.9. The molecule has 0 saturated carbocycles. The van der Waals surface area contributed by atoms with Gasteiger partial charge in [0.15, 0.2) is 0 Å². The van der Waals surface area contributed by atoms with Crippen molar-refractivity contribution in [1.82, 2.24) is 20.4 Å². The zero-order valence-corrected chi connectivity index (χ0v) is 14.0. The number of carbonyl (C=O) groups is 2. The molecule has 2 amide bonds. The Morgan fingerprint density at radius 2 is 2.12 bits per heavy atom. The van der Waals surface area contributed by atoms with E-state index >= 15 is 0 Å². The van der Waals surface area contributed by atoms with E-state index in [1.807, 2.05) is 0 Å². The van der Waals surface area contributed by atoms with Crippen LogP contribution in [0.15, 0.2) is 28.8 Å². The van der Waals surface area contributed by atoms with Crippen LogP contribution in [0.1, 0.15) is 18.7 Å². The highest BCUT2D eigenvalue weighted by atomic mass is 19.1. The molecule has 0 aliphatic carbocycles. The Labute approximate surface area is 149 Å². The Balaban J connectivity index is 1.41. The summed E-state index contributed by atoms with van der Waals surface area (Å²) in [7, 11) is 0. The number of hydrogen-bond acceptors (Lipinski definition) is 5. The van der Waals surface area contributed by atoms with E-state index < -0.39 is 11.9 Å². The average molecular weight is 362 g/mol. The number of carbonyl (C=O) groups excluding carboxylic acids is 1. The second-order valence-electron chi connectivity index (χ2n) is 6.12. The van der Waals surface area contributed by atoms with Crippen LogP contribution in [0, 0.1) is 11.7 Å². The molecular weight excluding hydrogens is 343 g/mol. The lowest BCUT2D eigenvalue weighted by molar-refractivity contribution is -0.141. The molecule has 0 bridgehead atoms. The van der Waals surface area contributed by atoms with Crippen molar-refractivity contribution < 1.29 is 23.6 Å². The molecule has 9 heteroatoms. The third-order valence-electron chi connectivity index (χ3n) is 4.24. The first kappa shape index (κ1) is 17.8. The van der Waals surface area contributed by atoms with Gasteiger partial charge in [0.1, 0.15) is 5.82 Å². The number of aryl methyl sites for hydroxylation is 1. The molecule has 1 aliphatic rings. The van der Waals surface area contributed by atoms with Crippen LogP contribution >= 0.6 is 0 Å². The smallest absolute Gasteiger partial charge is 0.317 e. The minimum atomic E-state index is -0.867. The van der Waals surface area contributed by atoms with Crippen LogP contribution < -0.4 is 5.32 Å². The predicted octanol–water partition coefficient (Wildman–Crippen LogP) is 1.92. The lowest BCUT2D eigenvalue weighted by Crippen LogP contribution is -2.39. The summed E-state index contributed by atoms with van der Waals surface area (Å²) in [5.41, 5.74) is 0.664. The number of likely N-dealkylation sites (tertiary alicyclic amines) is 1. The third-order valence-corrected chi connectivity index (χ3v) is 4.24. The molecule has 1 saturated heterocycles. The van der Waals surface area contributed by atoms with E-state index in [1.54, 1.807) is 12.1 Å². The Hall–Kier alpha value is -2.97. The van der Waals surface area contributed by atoms with Crippen LogP contribution in [0.3, 0.4) is 0 Å². The maximum atomic E-state index is 12.9. The molecule has 26 heavy (non-hydrogen) atoms. The number of urea groups is 1. The molecule has 2 aromatic rings. The van der Waals surface area contributed by atoms with Gasteiger partial charge in [-0.15, -0.1) is 0 Å². The number of amides is 2. The van der Waals surface area contributed by atoms with Crippen molar-refractivity contribution in [2.75, 3.05) is 19.6 Å². The minimum Gasteiger partial charge on any atom is -0.481 e. The average Bonchev–Trinajstić information content (AvgIpc) is 3.29. The molecule has 1 fully saturated rings. The zero-order valence-electron chi connectivity index (χ0n) is 14.0. The van der Waals surface area contributed by atoms with E-state index in [0.717, 1.165) is 0 Å². The minimum absolute atomic E-state index is 0.242. The predicted molar refractivity (Wildman–Crippen MR) is 88.7 cm³/mol. The van der Waals surface area contributed by atoms with Gasteiger partial charge >= 0.3 is 12.0 Å².